The van der Waals surface area contributed by atoms with Crippen molar-refractivity contribution in [1.29, 1.82) is 0 Å². The molecule has 104 valence electrons. The summed E-state index contributed by atoms with van der Waals surface area (Å²) in [5.74, 6) is -1.33. The summed E-state index contributed by atoms with van der Waals surface area (Å²) in [6, 6.07) is 5.71. The molecule has 0 spiro atoms. The number of benzene rings is 1. The minimum atomic E-state index is -1.33. The fourth-order valence-corrected chi connectivity index (χ4v) is 1.72. The monoisotopic (exact) mass is 276 g/mol. The summed E-state index contributed by atoms with van der Waals surface area (Å²) >= 11 is 0. The number of aryl methyl sites for hydroxylation is 1. The molecule has 1 aromatic carbocycles. The topological polar surface area (TPSA) is 110 Å². The van der Waals surface area contributed by atoms with Crippen LogP contribution in [0.4, 0.5) is 11.4 Å². The number of aromatic carboxylic acids is 1. The van der Waals surface area contributed by atoms with E-state index in [4.69, 9.17) is 5.11 Å². The Morgan fingerprint density at radius 1 is 1.50 bits per heavy atom. The van der Waals surface area contributed by atoms with Gasteiger partial charge in [0.25, 0.3) is 5.69 Å². The molecular weight excluding hydrogens is 264 g/mol. The summed E-state index contributed by atoms with van der Waals surface area (Å²) in [4.78, 5) is 21.0. The SMILES string of the molecule is Cn1ccc(CNc2ccc(C(=O)O)c([N+](=O)[O-])c2)n1. The van der Waals surface area contributed by atoms with E-state index < -0.39 is 16.6 Å². The minimum absolute atomic E-state index is 0.335. The van der Waals surface area contributed by atoms with Gasteiger partial charge in [0.05, 0.1) is 17.2 Å². The maximum atomic E-state index is 10.9. The fraction of sp³-hybridized carbons (Fsp3) is 0.167. The molecule has 0 saturated heterocycles. The smallest absolute Gasteiger partial charge is 0.342 e. The van der Waals surface area contributed by atoms with Crippen molar-refractivity contribution in [3.05, 3.63) is 51.8 Å². The number of hydrogen-bond acceptors (Lipinski definition) is 5. The van der Waals surface area contributed by atoms with Gasteiger partial charge in [-0.15, -0.1) is 0 Å². The Hall–Kier alpha value is -2.90. The van der Waals surface area contributed by atoms with E-state index in [1.54, 1.807) is 17.9 Å². The standard InChI is InChI=1S/C12H12N4O4/c1-15-5-4-9(14-15)7-13-8-2-3-10(12(17)18)11(6-8)16(19)20/h2-6,13H,7H2,1H3,(H,17,18). The molecule has 2 N–H and O–H groups in total. The van der Waals surface area contributed by atoms with Crippen LogP contribution in [0.5, 0.6) is 0 Å². The van der Waals surface area contributed by atoms with Gasteiger partial charge in [-0.2, -0.15) is 5.10 Å². The van der Waals surface area contributed by atoms with E-state index in [1.807, 2.05) is 6.07 Å². The van der Waals surface area contributed by atoms with Crippen LogP contribution in [0.2, 0.25) is 0 Å². The quantitative estimate of drug-likeness (QED) is 0.634. The van der Waals surface area contributed by atoms with Crippen molar-refractivity contribution < 1.29 is 14.8 Å². The lowest BCUT2D eigenvalue weighted by Crippen LogP contribution is -2.05. The maximum Gasteiger partial charge on any atom is 0.342 e. The van der Waals surface area contributed by atoms with Crippen LogP contribution in [0, 0.1) is 10.1 Å². The molecule has 0 unspecified atom stereocenters. The van der Waals surface area contributed by atoms with E-state index in [2.05, 4.69) is 10.4 Å². The first-order valence-corrected chi connectivity index (χ1v) is 5.71. The van der Waals surface area contributed by atoms with Gasteiger partial charge in [0.2, 0.25) is 0 Å². The van der Waals surface area contributed by atoms with Gasteiger partial charge in [0, 0.05) is 25.0 Å². The number of carbonyl (C=O) groups is 1. The number of aromatic nitrogens is 2. The molecule has 8 heteroatoms. The molecular formula is C12H12N4O4. The highest BCUT2D eigenvalue weighted by atomic mass is 16.6. The summed E-state index contributed by atoms with van der Waals surface area (Å²) in [5.41, 5.74) is 0.465. The van der Waals surface area contributed by atoms with Crippen molar-refractivity contribution in [2.24, 2.45) is 7.05 Å². The predicted octanol–water partition coefficient (Wildman–Crippen LogP) is 1.64. The van der Waals surface area contributed by atoms with Gasteiger partial charge >= 0.3 is 5.97 Å². The van der Waals surface area contributed by atoms with Gasteiger partial charge < -0.3 is 10.4 Å². The lowest BCUT2D eigenvalue weighted by molar-refractivity contribution is -0.385. The average molecular weight is 276 g/mol. The molecule has 0 aliphatic heterocycles. The van der Waals surface area contributed by atoms with E-state index >= 15 is 0 Å². The first-order valence-electron chi connectivity index (χ1n) is 5.71. The second-order valence-corrected chi connectivity index (χ2v) is 4.13. The summed E-state index contributed by atoms with van der Waals surface area (Å²) in [6.07, 6.45) is 1.78. The third kappa shape index (κ3) is 2.91. The van der Waals surface area contributed by atoms with Gasteiger partial charge in [-0.3, -0.25) is 14.8 Å². The Morgan fingerprint density at radius 3 is 2.80 bits per heavy atom. The molecule has 0 fully saturated rings. The zero-order valence-corrected chi connectivity index (χ0v) is 10.6. The predicted molar refractivity (Wildman–Crippen MR) is 70.6 cm³/mol. The number of nitro benzene ring substituents is 1. The zero-order chi connectivity index (χ0) is 14.7. The largest absolute Gasteiger partial charge is 0.477 e. The molecule has 1 heterocycles. The molecule has 2 rings (SSSR count). The van der Waals surface area contributed by atoms with Crippen molar-refractivity contribution in [3.8, 4) is 0 Å². The van der Waals surface area contributed by atoms with Crippen LogP contribution in [0.3, 0.4) is 0 Å². The molecule has 2 aromatic rings. The molecule has 0 radical (unpaired) electrons. The van der Waals surface area contributed by atoms with E-state index in [-0.39, 0.29) is 5.56 Å². The van der Waals surface area contributed by atoms with Crippen LogP contribution in [0.1, 0.15) is 16.1 Å². The van der Waals surface area contributed by atoms with E-state index in [0.717, 1.165) is 5.69 Å². The van der Waals surface area contributed by atoms with Crippen LogP contribution in [-0.2, 0) is 13.6 Å². The lowest BCUT2D eigenvalue weighted by Gasteiger charge is -2.05. The third-order valence-electron chi connectivity index (χ3n) is 2.67. The summed E-state index contributed by atoms with van der Waals surface area (Å²) < 4.78 is 1.65. The van der Waals surface area contributed by atoms with Crippen molar-refractivity contribution in [2.45, 2.75) is 6.54 Å². The van der Waals surface area contributed by atoms with Crippen LogP contribution >= 0.6 is 0 Å². The van der Waals surface area contributed by atoms with Crippen LogP contribution < -0.4 is 5.32 Å². The van der Waals surface area contributed by atoms with E-state index in [0.29, 0.717) is 12.2 Å². The van der Waals surface area contributed by atoms with E-state index in [1.165, 1.54) is 18.2 Å². The Balaban J connectivity index is 2.18. The molecule has 0 aliphatic rings. The van der Waals surface area contributed by atoms with Gasteiger partial charge in [-0.25, -0.2) is 4.79 Å². The normalized spacial score (nSPS) is 10.2. The van der Waals surface area contributed by atoms with Crippen LogP contribution in [0.15, 0.2) is 30.5 Å². The number of nitrogens with one attached hydrogen (secondary N) is 1. The number of rotatable bonds is 5. The zero-order valence-electron chi connectivity index (χ0n) is 10.6. The number of nitro groups is 1. The molecule has 0 bridgehead atoms. The molecule has 20 heavy (non-hydrogen) atoms. The number of hydrogen-bond donors (Lipinski definition) is 2. The number of nitrogens with zero attached hydrogens (tertiary/aromatic N) is 3. The Kier molecular flexibility index (Phi) is 3.65. The van der Waals surface area contributed by atoms with Crippen molar-refractivity contribution in [1.82, 2.24) is 9.78 Å². The summed E-state index contributed by atoms with van der Waals surface area (Å²) in [5, 5.41) is 26.9. The van der Waals surface area contributed by atoms with Crippen molar-refractivity contribution in [3.63, 3.8) is 0 Å². The lowest BCUT2D eigenvalue weighted by atomic mass is 10.1. The van der Waals surface area contributed by atoms with Crippen molar-refractivity contribution in [2.75, 3.05) is 5.32 Å². The highest BCUT2D eigenvalue weighted by Crippen LogP contribution is 2.23. The number of carboxylic acid groups (broad SMARTS) is 1. The van der Waals surface area contributed by atoms with Gasteiger partial charge in [-0.05, 0) is 18.2 Å². The maximum absolute atomic E-state index is 10.9. The van der Waals surface area contributed by atoms with Crippen LogP contribution in [-0.4, -0.2) is 25.8 Å². The fourth-order valence-electron chi connectivity index (χ4n) is 1.72. The highest BCUT2D eigenvalue weighted by molar-refractivity contribution is 5.93. The second-order valence-electron chi connectivity index (χ2n) is 4.13. The minimum Gasteiger partial charge on any atom is -0.477 e. The van der Waals surface area contributed by atoms with Gasteiger partial charge in [-0.1, -0.05) is 0 Å². The molecule has 0 aliphatic carbocycles. The molecule has 0 atom stereocenters. The third-order valence-corrected chi connectivity index (χ3v) is 2.67. The number of carboxylic acids is 1. The van der Waals surface area contributed by atoms with Gasteiger partial charge in [0.15, 0.2) is 0 Å². The summed E-state index contributed by atoms with van der Waals surface area (Å²) in [6.45, 7) is 0.393. The molecule has 8 nitrogen and oxygen atoms in total. The number of anilines is 1. The average Bonchev–Trinajstić information content (AvgIpc) is 2.81. The molecule has 1 aromatic heterocycles. The van der Waals surface area contributed by atoms with Crippen LogP contribution in [0.25, 0.3) is 0 Å². The first-order chi connectivity index (χ1) is 9.47. The Bertz CT molecular complexity index is 665. The molecule has 0 saturated carbocycles. The second kappa shape index (κ2) is 5.39. The Morgan fingerprint density at radius 2 is 2.25 bits per heavy atom. The molecule has 0 amide bonds. The first kappa shape index (κ1) is 13.5. The highest BCUT2D eigenvalue weighted by Gasteiger charge is 2.19. The van der Waals surface area contributed by atoms with Gasteiger partial charge in [0.1, 0.15) is 5.56 Å². The van der Waals surface area contributed by atoms with E-state index in [9.17, 15) is 14.9 Å². The Labute approximate surface area is 113 Å². The van der Waals surface area contributed by atoms with Crippen molar-refractivity contribution >= 4 is 17.3 Å². The summed E-state index contributed by atoms with van der Waals surface area (Å²) in [7, 11) is 1.79.